The Labute approximate surface area is 221 Å². The molecule has 0 atom stereocenters. The molecular formula is C34H48N2. The molecule has 0 amide bonds. The number of allylic oxidation sites excluding steroid dienone is 3. The van der Waals surface area contributed by atoms with Gasteiger partial charge < -0.3 is 4.90 Å². The lowest BCUT2D eigenvalue weighted by molar-refractivity contribution is 0.351. The highest BCUT2D eigenvalue weighted by molar-refractivity contribution is 6.04. The van der Waals surface area contributed by atoms with Crippen molar-refractivity contribution in [2.75, 3.05) is 13.1 Å². The monoisotopic (exact) mass is 484 g/mol. The van der Waals surface area contributed by atoms with Gasteiger partial charge in [0.15, 0.2) is 0 Å². The SMILES string of the molecule is C=C(C)/C(=C(\N=C(C)c1c(CC)cccc1CC)c1ccc(/C(C)=C\CC)cc1)N(CCC)CCC. The Kier molecular flexibility index (Phi) is 11.9. The van der Waals surface area contributed by atoms with Crippen molar-refractivity contribution in [1.82, 2.24) is 4.90 Å². The lowest BCUT2D eigenvalue weighted by Crippen LogP contribution is -2.26. The van der Waals surface area contributed by atoms with Gasteiger partial charge in [-0.3, -0.25) is 4.99 Å². The highest BCUT2D eigenvalue weighted by Crippen LogP contribution is 2.31. The van der Waals surface area contributed by atoms with E-state index in [0.717, 1.165) is 67.7 Å². The minimum atomic E-state index is 0.996. The summed E-state index contributed by atoms with van der Waals surface area (Å²) in [5, 5.41) is 0. The smallest absolute Gasteiger partial charge is 0.0941 e. The second-order valence-electron chi connectivity index (χ2n) is 9.69. The van der Waals surface area contributed by atoms with Crippen molar-refractivity contribution in [2.45, 2.75) is 87.5 Å². The van der Waals surface area contributed by atoms with Crippen molar-refractivity contribution in [3.05, 3.63) is 94.2 Å². The van der Waals surface area contributed by atoms with Gasteiger partial charge in [0.2, 0.25) is 0 Å². The van der Waals surface area contributed by atoms with Gasteiger partial charge in [0.25, 0.3) is 0 Å². The largest absolute Gasteiger partial charge is 0.370 e. The van der Waals surface area contributed by atoms with Gasteiger partial charge in [0.05, 0.1) is 11.4 Å². The Morgan fingerprint density at radius 3 is 1.78 bits per heavy atom. The fourth-order valence-corrected chi connectivity index (χ4v) is 5.00. The van der Waals surface area contributed by atoms with E-state index in [2.05, 4.69) is 115 Å². The van der Waals surface area contributed by atoms with Gasteiger partial charge in [-0.25, -0.2) is 0 Å². The number of hydrogen-bond donors (Lipinski definition) is 0. The van der Waals surface area contributed by atoms with Crippen LogP contribution in [0.15, 0.2) is 71.4 Å². The minimum absolute atomic E-state index is 0.996. The van der Waals surface area contributed by atoms with E-state index in [9.17, 15) is 0 Å². The molecule has 0 N–H and O–H groups in total. The van der Waals surface area contributed by atoms with Crippen LogP contribution in [0.2, 0.25) is 0 Å². The van der Waals surface area contributed by atoms with Gasteiger partial charge in [-0.05, 0) is 80.7 Å². The summed E-state index contributed by atoms with van der Waals surface area (Å²) in [7, 11) is 0. The number of aliphatic imine (C=N–C) groups is 1. The van der Waals surface area contributed by atoms with Gasteiger partial charge in [-0.15, -0.1) is 0 Å². The normalized spacial score (nSPS) is 13.0. The van der Waals surface area contributed by atoms with Crippen molar-refractivity contribution in [1.29, 1.82) is 0 Å². The second kappa shape index (κ2) is 14.6. The molecular weight excluding hydrogens is 436 g/mol. The van der Waals surface area contributed by atoms with E-state index >= 15 is 0 Å². The van der Waals surface area contributed by atoms with E-state index in [1.165, 1.54) is 33.5 Å². The Balaban J connectivity index is 2.85. The van der Waals surface area contributed by atoms with E-state index in [-0.39, 0.29) is 0 Å². The van der Waals surface area contributed by atoms with Gasteiger partial charge in [0.1, 0.15) is 0 Å². The molecule has 2 nitrogen and oxygen atoms in total. The molecule has 2 aromatic carbocycles. The number of rotatable bonds is 13. The first kappa shape index (κ1) is 29.4. The Morgan fingerprint density at radius 1 is 0.806 bits per heavy atom. The minimum Gasteiger partial charge on any atom is -0.370 e. The van der Waals surface area contributed by atoms with Crippen LogP contribution in [0, 0.1) is 0 Å². The first-order valence-corrected chi connectivity index (χ1v) is 13.9. The molecule has 0 unspecified atom stereocenters. The summed E-state index contributed by atoms with van der Waals surface area (Å²) in [5.74, 6) is 0. The zero-order valence-corrected chi connectivity index (χ0v) is 24.2. The molecule has 0 saturated carbocycles. The molecule has 0 saturated heterocycles. The first-order chi connectivity index (χ1) is 17.3. The third-order valence-corrected chi connectivity index (χ3v) is 6.70. The van der Waals surface area contributed by atoms with E-state index < -0.39 is 0 Å². The van der Waals surface area contributed by atoms with Crippen LogP contribution in [0.3, 0.4) is 0 Å². The second-order valence-corrected chi connectivity index (χ2v) is 9.69. The lowest BCUT2D eigenvalue weighted by Gasteiger charge is -2.29. The molecule has 0 radical (unpaired) electrons. The zero-order chi connectivity index (χ0) is 26.7. The van der Waals surface area contributed by atoms with Crippen molar-refractivity contribution < 1.29 is 0 Å². The molecule has 0 spiro atoms. The summed E-state index contributed by atoms with van der Waals surface area (Å²) in [6.07, 6.45) is 7.50. The highest BCUT2D eigenvalue weighted by atomic mass is 15.1. The quantitative estimate of drug-likeness (QED) is 0.204. The van der Waals surface area contributed by atoms with Gasteiger partial charge in [-0.1, -0.05) is 89.7 Å². The molecule has 0 aliphatic rings. The van der Waals surface area contributed by atoms with Crippen molar-refractivity contribution in [3.8, 4) is 0 Å². The average molecular weight is 485 g/mol. The van der Waals surface area contributed by atoms with Crippen LogP contribution >= 0.6 is 0 Å². The maximum Gasteiger partial charge on any atom is 0.0941 e. The van der Waals surface area contributed by atoms with E-state index in [0.29, 0.717) is 0 Å². The summed E-state index contributed by atoms with van der Waals surface area (Å²) < 4.78 is 0. The van der Waals surface area contributed by atoms with Crippen LogP contribution in [-0.2, 0) is 12.8 Å². The van der Waals surface area contributed by atoms with Crippen LogP contribution in [0.5, 0.6) is 0 Å². The highest BCUT2D eigenvalue weighted by Gasteiger charge is 2.18. The molecule has 0 aliphatic heterocycles. The van der Waals surface area contributed by atoms with Crippen LogP contribution in [0.1, 0.15) is 102 Å². The van der Waals surface area contributed by atoms with Crippen LogP contribution in [0.4, 0.5) is 0 Å². The number of aryl methyl sites for hydroxylation is 2. The average Bonchev–Trinajstić information content (AvgIpc) is 2.87. The summed E-state index contributed by atoms with van der Waals surface area (Å²) in [4.78, 5) is 7.91. The predicted molar refractivity (Wildman–Crippen MR) is 162 cm³/mol. The number of nitrogens with zero attached hydrogens (tertiary/aromatic N) is 2. The van der Waals surface area contributed by atoms with Crippen LogP contribution < -0.4 is 0 Å². The van der Waals surface area contributed by atoms with Gasteiger partial charge in [0, 0.05) is 29.9 Å². The van der Waals surface area contributed by atoms with Gasteiger partial charge in [-0.2, -0.15) is 0 Å². The van der Waals surface area contributed by atoms with E-state index in [1.807, 2.05) is 0 Å². The molecule has 36 heavy (non-hydrogen) atoms. The molecule has 0 heterocycles. The van der Waals surface area contributed by atoms with E-state index in [1.54, 1.807) is 0 Å². The molecule has 0 aromatic heterocycles. The summed E-state index contributed by atoms with van der Waals surface area (Å²) in [6.45, 7) is 24.1. The Hall–Kier alpha value is -2.87. The molecule has 2 rings (SSSR count). The lowest BCUT2D eigenvalue weighted by atomic mass is 9.94. The van der Waals surface area contributed by atoms with Crippen molar-refractivity contribution in [2.24, 2.45) is 4.99 Å². The molecule has 0 fully saturated rings. The summed E-state index contributed by atoms with van der Waals surface area (Å²) in [6, 6.07) is 15.6. The number of benzene rings is 2. The molecule has 2 heteroatoms. The maximum absolute atomic E-state index is 5.43. The van der Waals surface area contributed by atoms with Crippen LogP contribution in [-0.4, -0.2) is 23.7 Å². The standard InChI is InChI=1S/C34H48N2/c1-10-16-26(8)30-19-21-31(22-20-30)33(34(25(6)7)36(23-11-2)24-12-3)35-27(9)32-28(13-4)17-15-18-29(32)14-5/h15-22H,6,10-14,23-24H2,1-5,7-9H3/b26-16-,34-33+,35-27?. The molecule has 0 aliphatic carbocycles. The fraction of sp³-hybridized carbons (Fsp3) is 0.441. The Bertz CT molecular complexity index is 1070. The fourth-order valence-electron chi connectivity index (χ4n) is 5.00. The number of hydrogen-bond acceptors (Lipinski definition) is 2. The third-order valence-electron chi connectivity index (χ3n) is 6.70. The summed E-state index contributed by atoms with van der Waals surface area (Å²) in [5.41, 5.74) is 12.1. The Morgan fingerprint density at radius 2 is 1.33 bits per heavy atom. The predicted octanol–water partition coefficient (Wildman–Crippen LogP) is 9.50. The van der Waals surface area contributed by atoms with Crippen molar-refractivity contribution >= 4 is 17.0 Å². The first-order valence-electron chi connectivity index (χ1n) is 13.9. The van der Waals surface area contributed by atoms with Gasteiger partial charge >= 0.3 is 0 Å². The summed E-state index contributed by atoms with van der Waals surface area (Å²) >= 11 is 0. The zero-order valence-electron chi connectivity index (χ0n) is 24.2. The molecule has 2 aromatic rings. The third kappa shape index (κ3) is 7.32. The topological polar surface area (TPSA) is 15.6 Å². The van der Waals surface area contributed by atoms with E-state index in [4.69, 9.17) is 4.99 Å². The van der Waals surface area contributed by atoms with Crippen molar-refractivity contribution in [3.63, 3.8) is 0 Å². The van der Waals surface area contributed by atoms with Crippen LogP contribution in [0.25, 0.3) is 11.3 Å². The molecule has 194 valence electrons. The maximum atomic E-state index is 5.43. The molecule has 0 bridgehead atoms.